The number of carbonyl (C=O) groups excluding carboxylic acids is 3. The lowest BCUT2D eigenvalue weighted by Gasteiger charge is -2.09. The van der Waals surface area contributed by atoms with E-state index in [0.29, 0.717) is 5.70 Å². The largest absolute Gasteiger partial charge is 0.469 e. The molecule has 0 saturated heterocycles. The van der Waals surface area contributed by atoms with Gasteiger partial charge >= 0.3 is 11.9 Å². The Bertz CT molecular complexity index is 371. The molecule has 0 spiro atoms. The Kier molecular flexibility index (Phi) is 3.65. The predicted molar refractivity (Wildman–Crippen MR) is 53.0 cm³/mol. The number of amides is 1. The van der Waals surface area contributed by atoms with E-state index in [1.54, 1.807) is 6.92 Å². The second kappa shape index (κ2) is 4.78. The first-order valence-electron chi connectivity index (χ1n) is 4.68. The van der Waals surface area contributed by atoms with Crippen LogP contribution in [0.3, 0.4) is 0 Å². The van der Waals surface area contributed by atoms with Gasteiger partial charge in [0.05, 0.1) is 32.1 Å². The fourth-order valence-corrected chi connectivity index (χ4v) is 1.58. The Labute approximate surface area is 92.6 Å². The highest BCUT2D eigenvalue weighted by Crippen LogP contribution is 2.26. The van der Waals surface area contributed by atoms with Crippen molar-refractivity contribution in [3.05, 3.63) is 11.3 Å². The van der Waals surface area contributed by atoms with Crippen LogP contribution in [0, 0.1) is 5.92 Å². The summed E-state index contributed by atoms with van der Waals surface area (Å²) in [5.41, 5.74) is 0.614. The van der Waals surface area contributed by atoms with E-state index < -0.39 is 17.9 Å². The summed E-state index contributed by atoms with van der Waals surface area (Å²) in [6.45, 7) is 1.58. The normalized spacial score (nSPS) is 19.4. The fraction of sp³-hybridized carbons (Fsp3) is 0.500. The molecule has 1 N–H and O–H groups in total. The van der Waals surface area contributed by atoms with Gasteiger partial charge in [-0.1, -0.05) is 0 Å². The minimum Gasteiger partial charge on any atom is -0.469 e. The van der Waals surface area contributed by atoms with Crippen molar-refractivity contribution in [2.24, 2.45) is 5.92 Å². The van der Waals surface area contributed by atoms with E-state index in [1.165, 1.54) is 14.2 Å². The maximum Gasteiger partial charge on any atom is 0.336 e. The van der Waals surface area contributed by atoms with E-state index >= 15 is 0 Å². The third-order valence-electron chi connectivity index (χ3n) is 2.38. The number of rotatable bonds is 3. The summed E-state index contributed by atoms with van der Waals surface area (Å²) >= 11 is 0. The molecule has 6 nitrogen and oxygen atoms in total. The highest BCUT2D eigenvalue weighted by atomic mass is 16.5. The van der Waals surface area contributed by atoms with Gasteiger partial charge in [0.15, 0.2) is 0 Å². The highest BCUT2D eigenvalue weighted by molar-refractivity contribution is 6.03. The standard InChI is InChI=1S/C10H13NO5/c1-5-8(10(14)16-3)6(9(13)11-5)4-7(12)15-2/h6H,4H2,1-3H3,(H,11,13)/t6-/m0/s1. The Morgan fingerprint density at radius 2 is 1.94 bits per heavy atom. The number of allylic oxidation sites excluding steroid dienone is 1. The summed E-state index contributed by atoms with van der Waals surface area (Å²) < 4.78 is 9.02. The van der Waals surface area contributed by atoms with Gasteiger partial charge in [-0.15, -0.1) is 0 Å². The summed E-state index contributed by atoms with van der Waals surface area (Å²) in [4.78, 5) is 34.0. The van der Waals surface area contributed by atoms with Crippen LogP contribution >= 0.6 is 0 Å². The number of nitrogens with one attached hydrogen (secondary N) is 1. The van der Waals surface area contributed by atoms with Crippen LogP contribution in [0.4, 0.5) is 0 Å². The Balaban J connectivity index is 2.92. The van der Waals surface area contributed by atoms with Crippen molar-refractivity contribution in [1.82, 2.24) is 5.32 Å². The van der Waals surface area contributed by atoms with Gasteiger partial charge in [0.25, 0.3) is 0 Å². The van der Waals surface area contributed by atoms with Gasteiger partial charge in [-0.05, 0) is 6.92 Å². The van der Waals surface area contributed by atoms with Crippen molar-refractivity contribution in [3.8, 4) is 0 Å². The first kappa shape index (κ1) is 12.2. The lowest BCUT2D eigenvalue weighted by molar-refractivity contribution is -0.144. The van der Waals surface area contributed by atoms with Gasteiger partial charge in [0.2, 0.25) is 5.91 Å². The summed E-state index contributed by atoms with van der Waals surface area (Å²) in [6, 6.07) is 0. The fourth-order valence-electron chi connectivity index (χ4n) is 1.58. The van der Waals surface area contributed by atoms with E-state index in [2.05, 4.69) is 14.8 Å². The molecule has 1 amide bonds. The molecule has 6 heteroatoms. The smallest absolute Gasteiger partial charge is 0.336 e. The van der Waals surface area contributed by atoms with Crippen LogP contribution in [0.25, 0.3) is 0 Å². The SMILES string of the molecule is COC(=O)C[C@@H]1C(=O)NC(C)=C1C(=O)OC. The molecular weight excluding hydrogens is 214 g/mol. The van der Waals surface area contributed by atoms with Gasteiger partial charge in [-0.25, -0.2) is 4.79 Å². The average molecular weight is 227 g/mol. The molecule has 1 rings (SSSR count). The summed E-state index contributed by atoms with van der Waals surface area (Å²) in [5, 5.41) is 2.49. The summed E-state index contributed by atoms with van der Waals surface area (Å²) in [5.74, 6) is -2.36. The third-order valence-corrected chi connectivity index (χ3v) is 2.38. The maximum atomic E-state index is 11.5. The molecule has 1 aliphatic rings. The zero-order valence-electron chi connectivity index (χ0n) is 9.33. The average Bonchev–Trinajstić information content (AvgIpc) is 2.53. The highest BCUT2D eigenvalue weighted by Gasteiger charge is 2.37. The number of ether oxygens (including phenoxy) is 2. The van der Waals surface area contributed by atoms with Crippen LogP contribution in [0.5, 0.6) is 0 Å². The van der Waals surface area contributed by atoms with E-state index in [4.69, 9.17) is 0 Å². The van der Waals surface area contributed by atoms with Gasteiger partial charge in [0.1, 0.15) is 0 Å². The van der Waals surface area contributed by atoms with Crippen molar-refractivity contribution >= 4 is 17.8 Å². The second-order valence-corrected chi connectivity index (χ2v) is 3.35. The molecular formula is C10H13NO5. The van der Waals surface area contributed by atoms with E-state index in [-0.39, 0.29) is 17.9 Å². The van der Waals surface area contributed by atoms with Crippen molar-refractivity contribution in [1.29, 1.82) is 0 Å². The first-order chi connectivity index (χ1) is 7.51. The van der Waals surface area contributed by atoms with Crippen LogP contribution in [0.15, 0.2) is 11.3 Å². The number of methoxy groups -OCH3 is 2. The van der Waals surface area contributed by atoms with Crippen LogP contribution < -0.4 is 5.32 Å². The predicted octanol–water partition coefficient (Wildman–Crippen LogP) is -0.258. The van der Waals surface area contributed by atoms with Gasteiger partial charge in [0, 0.05) is 5.70 Å². The lowest BCUT2D eigenvalue weighted by atomic mass is 9.97. The minimum absolute atomic E-state index is 0.163. The van der Waals surface area contributed by atoms with E-state index in [1.807, 2.05) is 0 Å². The van der Waals surface area contributed by atoms with Crippen molar-refractivity contribution in [2.45, 2.75) is 13.3 Å². The molecule has 0 bridgehead atoms. The van der Waals surface area contributed by atoms with Gasteiger partial charge in [-0.3, -0.25) is 9.59 Å². The van der Waals surface area contributed by atoms with E-state index in [9.17, 15) is 14.4 Å². The van der Waals surface area contributed by atoms with Crippen LogP contribution in [0.2, 0.25) is 0 Å². The Hall–Kier alpha value is -1.85. The number of esters is 2. The maximum absolute atomic E-state index is 11.5. The minimum atomic E-state index is -0.820. The van der Waals surface area contributed by atoms with Crippen molar-refractivity contribution in [3.63, 3.8) is 0 Å². The molecule has 0 aromatic rings. The number of carbonyl (C=O) groups is 3. The van der Waals surface area contributed by atoms with Crippen molar-refractivity contribution < 1.29 is 23.9 Å². The lowest BCUT2D eigenvalue weighted by Crippen LogP contribution is -2.25. The van der Waals surface area contributed by atoms with Crippen LogP contribution in [-0.2, 0) is 23.9 Å². The zero-order valence-corrected chi connectivity index (χ0v) is 9.33. The molecule has 1 aliphatic heterocycles. The molecule has 16 heavy (non-hydrogen) atoms. The van der Waals surface area contributed by atoms with Crippen molar-refractivity contribution in [2.75, 3.05) is 14.2 Å². The van der Waals surface area contributed by atoms with E-state index in [0.717, 1.165) is 0 Å². The third kappa shape index (κ3) is 2.21. The molecule has 1 heterocycles. The molecule has 0 aromatic heterocycles. The zero-order chi connectivity index (χ0) is 12.3. The Morgan fingerprint density at radius 3 is 2.44 bits per heavy atom. The molecule has 0 fully saturated rings. The molecule has 0 radical (unpaired) electrons. The number of hydrogen-bond donors (Lipinski definition) is 1. The first-order valence-corrected chi connectivity index (χ1v) is 4.68. The quantitative estimate of drug-likeness (QED) is 0.672. The molecule has 1 atom stereocenters. The van der Waals surface area contributed by atoms with Gasteiger partial charge < -0.3 is 14.8 Å². The molecule has 0 aliphatic carbocycles. The Morgan fingerprint density at radius 1 is 1.31 bits per heavy atom. The number of hydrogen-bond acceptors (Lipinski definition) is 5. The van der Waals surface area contributed by atoms with Gasteiger partial charge in [-0.2, -0.15) is 0 Å². The molecule has 0 saturated carbocycles. The van der Waals surface area contributed by atoms with Crippen LogP contribution in [-0.4, -0.2) is 32.1 Å². The van der Waals surface area contributed by atoms with Crippen LogP contribution in [0.1, 0.15) is 13.3 Å². The topological polar surface area (TPSA) is 81.7 Å². The molecule has 0 aromatic carbocycles. The summed E-state index contributed by atoms with van der Waals surface area (Å²) in [6.07, 6.45) is -0.163. The molecule has 0 unspecified atom stereocenters. The monoisotopic (exact) mass is 227 g/mol. The summed E-state index contributed by atoms with van der Waals surface area (Å²) in [7, 11) is 2.45. The molecule has 88 valence electrons. The second-order valence-electron chi connectivity index (χ2n) is 3.35.